The summed E-state index contributed by atoms with van der Waals surface area (Å²) in [6.07, 6.45) is 0.809. The fourth-order valence-corrected chi connectivity index (χ4v) is 6.84. The summed E-state index contributed by atoms with van der Waals surface area (Å²) < 4.78 is 44.4. The van der Waals surface area contributed by atoms with E-state index in [2.05, 4.69) is 4.98 Å². The first-order chi connectivity index (χ1) is 15.6. The van der Waals surface area contributed by atoms with E-state index in [-0.39, 0.29) is 36.0 Å². The molecule has 2 heterocycles. The summed E-state index contributed by atoms with van der Waals surface area (Å²) in [5.41, 5.74) is 4.53. The Morgan fingerprint density at radius 3 is 2.48 bits per heavy atom. The van der Waals surface area contributed by atoms with Crippen molar-refractivity contribution in [2.75, 3.05) is 25.0 Å². The number of ether oxygens (including phenoxy) is 1. The average Bonchev–Trinajstić information content (AvgIpc) is 3.25. The normalized spacial score (nSPS) is 35.0. The predicted molar refractivity (Wildman–Crippen MR) is 113 cm³/mol. The van der Waals surface area contributed by atoms with Crippen molar-refractivity contribution >= 4 is 17.8 Å². The van der Waals surface area contributed by atoms with Crippen molar-refractivity contribution in [2.45, 2.75) is 56.8 Å². The van der Waals surface area contributed by atoms with Crippen LogP contribution >= 0.6 is 0 Å². The molecule has 180 valence electrons. The van der Waals surface area contributed by atoms with Crippen LogP contribution < -0.4 is 10.6 Å². The third kappa shape index (κ3) is 3.91. The number of amides is 2. The molecule has 4 bridgehead atoms. The topological polar surface area (TPSA) is 88.8 Å². The van der Waals surface area contributed by atoms with Crippen molar-refractivity contribution in [1.29, 1.82) is 0 Å². The zero-order valence-electron chi connectivity index (χ0n) is 18.6. The van der Waals surface area contributed by atoms with E-state index in [4.69, 9.17) is 10.5 Å². The van der Waals surface area contributed by atoms with Gasteiger partial charge in [-0.1, -0.05) is 0 Å². The first-order valence-corrected chi connectivity index (χ1v) is 11.6. The number of likely N-dealkylation sites (tertiary alicyclic amines) is 1. The van der Waals surface area contributed by atoms with Gasteiger partial charge < -0.3 is 20.3 Å². The van der Waals surface area contributed by atoms with Crippen LogP contribution in [0.1, 0.15) is 44.1 Å². The first kappa shape index (κ1) is 22.3. The van der Waals surface area contributed by atoms with Crippen molar-refractivity contribution in [1.82, 2.24) is 9.88 Å². The molecule has 0 aromatic carbocycles. The number of aromatic nitrogens is 1. The van der Waals surface area contributed by atoms with Crippen molar-refractivity contribution in [2.24, 2.45) is 28.9 Å². The van der Waals surface area contributed by atoms with Gasteiger partial charge in [0, 0.05) is 32.4 Å². The molecule has 0 spiro atoms. The molecule has 4 saturated carbocycles. The van der Waals surface area contributed by atoms with E-state index >= 15 is 0 Å². The van der Waals surface area contributed by atoms with Gasteiger partial charge >= 0.3 is 12.3 Å². The van der Waals surface area contributed by atoms with Crippen LogP contribution in [0.25, 0.3) is 0 Å². The number of nitrogens with two attached hydrogens (primary N) is 1. The number of anilines is 1. The van der Waals surface area contributed by atoms with Crippen molar-refractivity contribution in [3.63, 3.8) is 0 Å². The first-order valence-electron chi connectivity index (χ1n) is 11.6. The summed E-state index contributed by atoms with van der Waals surface area (Å²) >= 11 is 0. The summed E-state index contributed by atoms with van der Waals surface area (Å²) in [6.45, 7) is 0.943. The lowest BCUT2D eigenvalue weighted by Crippen LogP contribution is -2.59. The Morgan fingerprint density at radius 2 is 1.91 bits per heavy atom. The minimum atomic E-state index is -4.42. The molecule has 3 atom stereocenters. The Hall–Kier alpha value is -2.52. The van der Waals surface area contributed by atoms with Gasteiger partial charge in [-0.2, -0.15) is 13.2 Å². The Morgan fingerprint density at radius 1 is 1.21 bits per heavy atom. The van der Waals surface area contributed by atoms with Crippen LogP contribution in [0.5, 0.6) is 0 Å². The number of likely N-dealkylation sites (N-methyl/N-ethyl adjacent to an activating group) is 1. The van der Waals surface area contributed by atoms with Gasteiger partial charge in [0.2, 0.25) is 5.91 Å². The molecule has 1 saturated heterocycles. The molecule has 1 aromatic heterocycles. The second kappa shape index (κ2) is 7.77. The number of nitrogens with zero attached hydrogens (tertiary/aromatic N) is 3. The Kier molecular flexibility index (Phi) is 5.25. The molecule has 6 rings (SSSR count). The number of primary amides is 1. The number of pyridine rings is 1. The lowest BCUT2D eigenvalue weighted by Gasteiger charge is -2.58. The van der Waals surface area contributed by atoms with Gasteiger partial charge in [-0.05, 0) is 68.4 Å². The molecule has 5 aliphatic rings. The van der Waals surface area contributed by atoms with Crippen LogP contribution in [-0.2, 0) is 15.7 Å². The van der Waals surface area contributed by atoms with Crippen LogP contribution in [0.15, 0.2) is 18.3 Å². The zero-order chi connectivity index (χ0) is 23.5. The summed E-state index contributed by atoms with van der Waals surface area (Å²) in [7, 11) is 1.77. The number of carbonyl (C=O) groups excluding carboxylic acids is 2. The number of carbonyl (C=O) groups is 2. The number of rotatable bonds is 4. The molecule has 5 fully saturated rings. The molecule has 7 nitrogen and oxygen atoms in total. The molecule has 10 heteroatoms. The van der Waals surface area contributed by atoms with E-state index in [1.165, 1.54) is 6.07 Å². The monoisotopic (exact) mass is 466 g/mol. The minimum absolute atomic E-state index is 0.0570. The van der Waals surface area contributed by atoms with Gasteiger partial charge in [0.05, 0.1) is 11.0 Å². The summed E-state index contributed by atoms with van der Waals surface area (Å²) in [5.74, 6) is 1.08. The standard InChI is InChI=1S/C23H29F3N4O3/c1-29(18-3-2-16(11-28-18)23(24,25)26)17-4-5-30(12-17)21(32)33-19-14-6-13-7-15(19)10-22(8-13,9-14)20(27)31/h2-3,11,13-15,17,19H,4-10,12H2,1H3,(H2,27,31)/t13?,14?,15?,17?,19-,22-. The van der Waals surface area contributed by atoms with Crippen molar-refractivity contribution in [3.05, 3.63) is 23.9 Å². The summed E-state index contributed by atoms with van der Waals surface area (Å²) in [4.78, 5) is 32.5. The van der Waals surface area contributed by atoms with E-state index in [1.54, 1.807) is 11.9 Å². The number of alkyl halides is 3. The molecule has 4 aliphatic carbocycles. The lowest BCUT2D eigenvalue weighted by molar-refractivity contribution is -0.161. The van der Waals surface area contributed by atoms with Crippen LogP contribution in [-0.4, -0.2) is 54.2 Å². The fraction of sp³-hybridized carbons (Fsp3) is 0.696. The molecule has 1 aromatic rings. The fourth-order valence-electron chi connectivity index (χ4n) is 6.84. The van der Waals surface area contributed by atoms with E-state index < -0.39 is 17.2 Å². The SMILES string of the molecule is CN(c1ccc(C(F)(F)F)cn1)C1CCN(C(=O)O[C@H]2C3CC4CC2C[C@](C(N)=O)(C4)C3)C1. The molecular weight excluding hydrogens is 437 g/mol. The molecule has 3 unspecified atom stereocenters. The zero-order valence-corrected chi connectivity index (χ0v) is 18.6. The maximum atomic E-state index is 13.0. The summed E-state index contributed by atoms with van der Waals surface area (Å²) in [5, 5.41) is 0. The smallest absolute Gasteiger partial charge is 0.417 e. The minimum Gasteiger partial charge on any atom is -0.446 e. The average molecular weight is 467 g/mol. The molecule has 33 heavy (non-hydrogen) atoms. The largest absolute Gasteiger partial charge is 0.446 e. The molecule has 2 amide bonds. The highest BCUT2D eigenvalue weighted by atomic mass is 19.4. The van der Waals surface area contributed by atoms with Crippen LogP contribution in [0.3, 0.4) is 0 Å². The number of hydrogen-bond acceptors (Lipinski definition) is 5. The van der Waals surface area contributed by atoms with Crippen molar-refractivity contribution in [3.8, 4) is 0 Å². The lowest BCUT2D eigenvalue weighted by atomic mass is 9.48. The van der Waals surface area contributed by atoms with Gasteiger partial charge in [0.25, 0.3) is 0 Å². The van der Waals surface area contributed by atoms with Crippen LogP contribution in [0, 0.1) is 23.2 Å². The Bertz CT molecular complexity index is 922. The van der Waals surface area contributed by atoms with E-state index in [0.717, 1.165) is 31.5 Å². The maximum absolute atomic E-state index is 13.0. The number of hydrogen-bond donors (Lipinski definition) is 1. The highest BCUT2D eigenvalue weighted by Crippen LogP contribution is 2.60. The van der Waals surface area contributed by atoms with Crippen molar-refractivity contribution < 1.29 is 27.5 Å². The van der Waals surface area contributed by atoms with Gasteiger partial charge in [0.1, 0.15) is 11.9 Å². The van der Waals surface area contributed by atoms with Gasteiger partial charge in [0.15, 0.2) is 0 Å². The van der Waals surface area contributed by atoms with E-state index in [1.807, 2.05) is 4.90 Å². The summed E-state index contributed by atoms with van der Waals surface area (Å²) in [6, 6.07) is 2.32. The third-order valence-corrected chi connectivity index (χ3v) is 8.35. The van der Waals surface area contributed by atoms with Gasteiger partial charge in [-0.25, -0.2) is 9.78 Å². The third-order valence-electron chi connectivity index (χ3n) is 8.35. The van der Waals surface area contributed by atoms with Crippen LogP contribution in [0.2, 0.25) is 0 Å². The molecule has 2 N–H and O–H groups in total. The Balaban J connectivity index is 1.19. The Labute approximate surface area is 190 Å². The predicted octanol–water partition coefficient (Wildman–Crippen LogP) is 3.43. The van der Waals surface area contributed by atoms with Gasteiger partial charge in [-0.15, -0.1) is 0 Å². The number of halogens is 3. The molecule has 0 radical (unpaired) electrons. The highest BCUT2D eigenvalue weighted by Gasteiger charge is 2.59. The second-order valence-electron chi connectivity index (χ2n) is 10.4. The highest BCUT2D eigenvalue weighted by molar-refractivity contribution is 5.81. The quantitative estimate of drug-likeness (QED) is 0.735. The van der Waals surface area contributed by atoms with Crippen LogP contribution in [0.4, 0.5) is 23.8 Å². The van der Waals surface area contributed by atoms with E-state index in [9.17, 15) is 22.8 Å². The second-order valence-corrected chi connectivity index (χ2v) is 10.4. The van der Waals surface area contributed by atoms with E-state index in [0.29, 0.717) is 44.1 Å². The molecular formula is C23H29F3N4O3. The van der Waals surface area contributed by atoms with Gasteiger partial charge in [-0.3, -0.25) is 4.79 Å². The molecule has 1 aliphatic heterocycles. The maximum Gasteiger partial charge on any atom is 0.417 e.